The molecule has 0 spiro atoms. The molecule has 0 aliphatic carbocycles. The molecule has 8 heteroatoms. The molecular weight excluding hydrogens is 292 g/mol. The van der Waals surface area contributed by atoms with Crippen LogP contribution in [0, 0.1) is 22.7 Å². The number of benzene rings is 1. The standard InChI is InChI=1S/C13H14N4O3S/c14-6-11(7-15)17-13(18)12(16)9-21(19,20)8-10-4-2-1-3-5-10/h1-5,11-12H,8-9,16H2,(H,17,18)/t12-/m0/s1. The molecule has 0 saturated heterocycles. The molecule has 0 bridgehead atoms. The average Bonchev–Trinajstić information content (AvgIpc) is 2.44. The lowest BCUT2D eigenvalue weighted by molar-refractivity contribution is -0.122. The van der Waals surface area contributed by atoms with Crippen LogP contribution in [0.25, 0.3) is 0 Å². The Balaban J connectivity index is 2.65. The van der Waals surface area contributed by atoms with Crippen LogP contribution in [0.4, 0.5) is 0 Å². The van der Waals surface area contributed by atoms with Gasteiger partial charge in [0.1, 0.15) is 12.1 Å². The number of rotatable bonds is 6. The molecule has 0 aliphatic rings. The number of amides is 1. The molecule has 3 N–H and O–H groups in total. The molecule has 1 rings (SSSR count). The molecule has 7 nitrogen and oxygen atoms in total. The van der Waals surface area contributed by atoms with Gasteiger partial charge < -0.3 is 11.1 Å². The van der Waals surface area contributed by atoms with Gasteiger partial charge in [0.25, 0.3) is 0 Å². The predicted molar refractivity (Wildman–Crippen MR) is 75.1 cm³/mol. The Morgan fingerprint density at radius 2 is 1.81 bits per heavy atom. The van der Waals surface area contributed by atoms with Crippen LogP contribution in [0.1, 0.15) is 5.56 Å². The van der Waals surface area contributed by atoms with Crippen molar-refractivity contribution in [3.05, 3.63) is 35.9 Å². The van der Waals surface area contributed by atoms with Gasteiger partial charge in [0.05, 0.1) is 17.5 Å². The fourth-order valence-corrected chi connectivity index (χ4v) is 3.10. The van der Waals surface area contributed by atoms with Gasteiger partial charge in [-0.2, -0.15) is 10.5 Å². The Hall–Kier alpha value is -2.42. The van der Waals surface area contributed by atoms with Crippen molar-refractivity contribution in [2.45, 2.75) is 17.8 Å². The first kappa shape index (κ1) is 16.6. The summed E-state index contributed by atoms with van der Waals surface area (Å²) >= 11 is 0. The molecule has 110 valence electrons. The molecule has 0 saturated carbocycles. The maximum absolute atomic E-state index is 11.9. The molecule has 0 aliphatic heterocycles. The van der Waals surface area contributed by atoms with E-state index in [1.807, 2.05) is 0 Å². The third-order valence-corrected chi connectivity index (χ3v) is 4.18. The van der Waals surface area contributed by atoms with E-state index in [-0.39, 0.29) is 5.75 Å². The van der Waals surface area contributed by atoms with Gasteiger partial charge in [0.15, 0.2) is 9.84 Å². The van der Waals surface area contributed by atoms with Crippen molar-refractivity contribution in [3.63, 3.8) is 0 Å². The van der Waals surface area contributed by atoms with Gasteiger partial charge in [0, 0.05) is 0 Å². The molecule has 0 radical (unpaired) electrons. The number of hydrogen-bond acceptors (Lipinski definition) is 6. The number of nitriles is 2. The zero-order valence-corrected chi connectivity index (χ0v) is 11.9. The fraction of sp³-hybridized carbons (Fsp3) is 0.308. The Morgan fingerprint density at radius 3 is 2.33 bits per heavy atom. The quantitative estimate of drug-likeness (QED) is 0.724. The topological polar surface area (TPSA) is 137 Å². The summed E-state index contributed by atoms with van der Waals surface area (Å²) in [6, 6.07) is 8.90. The Bertz CT molecular complexity index is 660. The van der Waals surface area contributed by atoms with Gasteiger partial charge in [-0.25, -0.2) is 8.42 Å². The highest BCUT2D eigenvalue weighted by atomic mass is 32.2. The maximum Gasteiger partial charge on any atom is 0.239 e. The predicted octanol–water partition coefficient (Wildman–Crippen LogP) is -0.539. The monoisotopic (exact) mass is 306 g/mol. The lowest BCUT2D eigenvalue weighted by Crippen LogP contribution is -2.48. The normalized spacial score (nSPS) is 12.2. The zero-order valence-electron chi connectivity index (χ0n) is 11.1. The van der Waals surface area contributed by atoms with Crippen LogP contribution in [-0.4, -0.2) is 32.2 Å². The molecule has 0 fully saturated rings. The van der Waals surface area contributed by atoms with Gasteiger partial charge in [-0.15, -0.1) is 0 Å². The van der Waals surface area contributed by atoms with E-state index in [9.17, 15) is 13.2 Å². The Labute approximate surface area is 122 Å². The van der Waals surface area contributed by atoms with Crippen LogP contribution in [0.5, 0.6) is 0 Å². The van der Waals surface area contributed by atoms with Crippen LogP contribution in [0.2, 0.25) is 0 Å². The summed E-state index contributed by atoms with van der Waals surface area (Å²) in [5.41, 5.74) is 6.10. The number of nitrogens with one attached hydrogen (secondary N) is 1. The zero-order chi connectivity index (χ0) is 15.9. The Kier molecular flexibility index (Phi) is 5.85. The van der Waals surface area contributed by atoms with Crippen LogP contribution < -0.4 is 11.1 Å². The fourth-order valence-electron chi connectivity index (χ4n) is 1.58. The van der Waals surface area contributed by atoms with Crippen LogP contribution >= 0.6 is 0 Å². The number of sulfone groups is 1. The molecule has 0 heterocycles. The van der Waals surface area contributed by atoms with Crippen molar-refractivity contribution in [2.24, 2.45) is 5.73 Å². The number of nitrogens with two attached hydrogens (primary N) is 1. The molecule has 21 heavy (non-hydrogen) atoms. The average molecular weight is 306 g/mol. The van der Waals surface area contributed by atoms with E-state index < -0.39 is 33.6 Å². The second kappa shape index (κ2) is 7.39. The second-order valence-corrected chi connectivity index (χ2v) is 6.46. The number of carbonyl (C=O) groups is 1. The first-order valence-corrected chi connectivity index (χ1v) is 7.79. The number of nitrogens with zero attached hydrogens (tertiary/aromatic N) is 2. The SMILES string of the molecule is N#CC(C#N)NC(=O)[C@@H](N)CS(=O)(=O)Cc1ccccc1. The van der Waals surface area contributed by atoms with Gasteiger partial charge in [-0.3, -0.25) is 4.79 Å². The van der Waals surface area contributed by atoms with E-state index in [1.54, 1.807) is 42.5 Å². The van der Waals surface area contributed by atoms with Crippen molar-refractivity contribution in [1.29, 1.82) is 10.5 Å². The molecule has 1 atom stereocenters. The second-order valence-electron chi connectivity index (χ2n) is 4.35. The molecule has 0 aromatic heterocycles. The summed E-state index contributed by atoms with van der Waals surface area (Å²) in [5.74, 6) is -1.63. The van der Waals surface area contributed by atoms with Gasteiger partial charge in [0.2, 0.25) is 11.9 Å². The molecule has 1 aromatic carbocycles. The van der Waals surface area contributed by atoms with Crippen LogP contribution in [0.15, 0.2) is 30.3 Å². The van der Waals surface area contributed by atoms with Gasteiger partial charge in [-0.05, 0) is 5.56 Å². The summed E-state index contributed by atoms with van der Waals surface area (Å²) in [6.07, 6.45) is 0. The maximum atomic E-state index is 11.9. The minimum Gasteiger partial charge on any atom is -0.327 e. The molecule has 0 unspecified atom stereocenters. The van der Waals surface area contributed by atoms with Crippen molar-refractivity contribution >= 4 is 15.7 Å². The third-order valence-electron chi connectivity index (χ3n) is 2.54. The minimum atomic E-state index is -3.58. The van der Waals surface area contributed by atoms with Crippen molar-refractivity contribution in [3.8, 4) is 12.1 Å². The van der Waals surface area contributed by atoms with Gasteiger partial charge >= 0.3 is 0 Å². The van der Waals surface area contributed by atoms with Crippen molar-refractivity contribution < 1.29 is 13.2 Å². The van der Waals surface area contributed by atoms with E-state index in [0.29, 0.717) is 5.56 Å². The molecular formula is C13H14N4O3S. The summed E-state index contributed by atoms with van der Waals surface area (Å²) in [7, 11) is -3.58. The molecule has 1 amide bonds. The highest BCUT2D eigenvalue weighted by Crippen LogP contribution is 2.07. The van der Waals surface area contributed by atoms with E-state index in [0.717, 1.165) is 0 Å². The van der Waals surface area contributed by atoms with E-state index in [2.05, 4.69) is 5.32 Å². The lowest BCUT2D eigenvalue weighted by atomic mass is 10.2. The van der Waals surface area contributed by atoms with Crippen molar-refractivity contribution in [1.82, 2.24) is 5.32 Å². The first-order valence-electron chi connectivity index (χ1n) is 5.97. The third kappa shape index (κ3) is 5.61. The summed E-state index contributed by atoms with van der Waals surface area (Å²) in [5, 5.41) is 19.1. The Morgan fingerprint density at radius 1 is 1.24 bits per heavy atom. The summed E-state index contributed by atoms with van der Waals surface area (Å²) < 4.78 is 23.9. The lowest BCUT2D eigenvalue weighted by Gasteiger charge is -2.12. The summed E-state index contributed by atoms with van der Waals surface area (Å²) in [6.45, 7) is 0. The highest BCUT2D eigenvalue weighted by Gasteiger charge is 2.24. The number of hydrogen-bond donors (Lipinski definition) is 2. The van der Waals surface area contributed by atoms with E-state index >= 15 is 0 Å². The largest absolute Gasteiger partial charge is 0.327 e. The first-order chi connectivity index (χ1) is 9.88. The smallest absolute Gasteiger partial charge is 0.239 e. The number of carbonyl (C=O) groups excluding carboxylic acids is 1. The van der Waals surface area contributed by atoms with Crippen LogP contribution in [-0.2, 0) is 20.4 Å². The van der Waals surface area contributed by atoms with Crippen LogP contribution in [0.3, 0.4) is 0 Å². The summed E-state index contributed by atoms with van der Waals surface area (Å²) in [4.78, 5) is 11.6. The van der Waals surface area contributed by atoms with E-state index in [1.165, 1.54) is 0 Å². The minimum absolute atomic E-state index is 0.227. The highest BCUT2D eigenvalue weighted by molar-refractivity contribution is 7.90. The van der Waals surface area contributed by atoms with Crippen molar-refractivity contribution in [2.75, 3.05) is 5.75 Å². The van der Waals surface area contributed by atoms with Gasteiger partial charge in [-0.1, -0.05) is 30.3 Å². The van der Waals surface area contributed by atoms with E-state index in [4.69, 9.17) is 16.3 Å². The molecule has 1 aromatic rings.